The number of rotatable bonds is 7. The third kappa shape index (κ3) is 5.09. The molecule has 34 heavy (non-hydrogen) atoms. The van der Waals surface area contributed by atoms with E-state index in [4.69, 9.17) is 9.84 Å². The van der Waals surface area contributed by atoms with Gasteiger partial charge in [-0.3, -0.25) is 9.62 Å². The molecule has 0 bridgehead atoms. The van der Waals surface area contributed by atoms with E-state index in [9.17, 15) is 26.0 Å². The molecule has 2 heterocycles. The number of anilines is 2. The monoisotopic (exact) mass is 514 g/mol. The van der Waals surface area contributed by atoms with E-state index in [1.807, 2.05) is 0 Å². The predicted octanol–water partition coefficient (Wildman–Crippen LogP) is 1.80. The third-order valence-electron chi connectivity index (χ3n) is 5.44. The highest BCUT2D eigenvalue weighted by molar-refractivity contribution is 7.92. The van der Waals surface area contributed by atoms with E-state index in [1.165, 1.54) is 22.5 Å². The van der Waals surface area contributed by atoms with Crippen molar-refractivity contribution in [3.8, 4) is 5.75 Å². The van der Waals surface area contributed by atoms with Gasteiger partial charge in [-0.25, -0.2) is 17.6 Å². The first-order chi connectivity index (χ1) is 16.1. The van der Waals surface area contributed by atoms with Crippen LogP contribution in [0, 0.1) is 5.82 Å². The van der Waals surface area contributed by atoms with Gasteiger partial charge in [-0.05, 0) is 55.3 Å². The summed E-state index contributed by atoms with van der Waals surface area (Å²) in [5.74, 6) is -0.485. The van der Waals surface area contributed by atoms with Gasteiger partial charge < -0.3 is 9.84 Å². The Morgan fingerprint density at radius 3 is 2.41 bits per heavy atom. The highest BCUT2D eigenvalue weighted by atomic mass is 32.2. The van der Waals surface area contributed by atoms with Crippen LogP contribution in [0.2, 0.25) is 0 Å². The molecule has 1 saturated heterocycles. The van der Waals surface area contributed by atoms with Crippen molar-refractivity contribution in [3.05, 3.63) is 48.3 Å². The number of ether oxygens (including phenoxy) is 1. The van der Waals surface area contributed by atoms with Gasteiger partial charge in [0, 0.05) is 18.8 Å². The van der Waals surface area contributed by atoms with Crippen LogP contribution < -0.4 is 19.1 Å². The highest BCUT2D eigenvalue weighted by Crippen LogP contribution is 2.39. The van der Waals surface area contributed by atoms with Gasteiger partial charge in [0.2, 0.25) is 0 Å². The van der Waals surface area contributed by atoms with Crippen molar-refractivity contribution in [1.29, 1.82) is 0 Å². The van der Waals surface area contributed by atoms with E-state index in [0.29, 0.717) is 13.1 Å². The summed E-state index contributed by atoms with van der Waals surface area (Å²) >= 11 is 0. The molecule has 2 aromatic carbocycles. The number of carboxylic acid groups (broad SMARTS) is 1. The average molecular weight is 515 g/mol. The summed E-state index contributed by atoms with van der Waals surface area (Å²) in [6, 6.07) is 8.35. The Bertz CT molecular complexity index is 1280. The molecule has 184 valence electrons. The largest absolute Gasteiger partial charge is 0.485 e. The summed E-state index contributed by atoms with van der Waals surface area (Å²) in [5, 5.41) is 11.2. The second-order valence-corrected chi connectivity index (χ2v) is 11.4. The van der Waals surface area contributed by atoms with Gasteiger partial charge in [0.25, 0.3) is 20.2 Å². The lowest BCUT2D eigenvalue weighted by Gasteiger charge is -2.36. The van der Waals surface area contributed by atoms with Gasteiger partial charge in [0.1, 0.15) is 17.7 Å². The molecule has 1 fully saturated rings. The van der Waals surface area contributed by atoms with E-state index in [-0.39, 0.29) is 35.1 Å². The molecule has 0 aromatic heterocycles. The molecule has 2 aliphatic heterocycles. The van der Waals surface area contributed by atoms with Crippen molar-refractivity contribution in [3.63, 3.8) is 0 Å². The summed E-state index contributed by atoms with van der Waals surface area (Å²) < 4.78 is 75.9. The molecule has 0 spiro atoms. The molecule has 0 radical (unpaired) electrons. The molecule has 1 unspecified atom stereocenters. The number of hydrogen-bond donors (Lipinski definition) is 3. The van der Waals surface area contributed by atoms with Gasteiger partial charge in [-0.15, -0.1) is 0 Å². The molecule has 1 atom stereocenters. The van der Waals surface area contributed by atoms with Crippen LogP contribution in [0.3, 0.4) is 0 Å². The van der Waals surface area contributed by atoms with E-state index >= 15 is 0 Å². The fraction of sp³-hybridized carbons (Fsp3) is 0.350. The Kier molecular flexibility index (Phi) is 6.66. The van der Waals surface area contributed by atoms with Crippen LogP contribution in [0.4, 0.5) is 20.6 Å². The van der Waals surface area contributed by atoms with E-state index in [1.54, 1.807) is 0 Å². The maximum absolute atomic E-state index is 13.4. The van der Waals surface area contributed by atoms with Crippen LogP contribution in [-0.2, 0) is 20.2 Å². The van der Waals surface area contributed by atoms with Crippen molar-refractivity contribution in [2.45, 2.75) is 23.8 Å². The number of amides is 1. The number of nitrogens with zero attached hydrogens (tertiary/aromatic N) is 2. The summed E-state index contributed by atoms with van der Waals surface area (Å²) in [7, 11) is -7.96. The van der Waals surface area contributed by atoms with Gasteiger partial charge in [0.05, 0.1) is 23.7 Å². The quantitative estimate of drug-likeness (QED) is 0.511. The SMILES string of the molecule is O=C(O)Nc1ccc2c(c1)N(S(=O)(=O)c1ccc(F)cc1)CC(CNS(=O)(=O)N1CCCC1)O2. The number of benzene rings is 2. The van der Waals surface area contributed by atoms with Crippen molar-refractivity contribution in [1.82, 2.24) is 9.03 Å². The van der Waals surface area contributed by atoms with Crippen LogP contribution in [0.15, 0.2) is 47.4 Å². The number of nitrogens with one attached hydrogen (secondary N) is 2. The molecule has 0 aliphatic carbocycles. The number of fused-ring (bicyclic) bond motifs is 1. The van der Waals surface area contributed by atoms with Crippen LogP contribution in [0.5, 0.6) is 5.75 Å². The first-order valence-electron chi connectivity index (χ1n) is 10.4. The lowest BCUT2D eigenvalue weighted by atomic mass is 10.2. The van der Waals surface area contributed by atoms with Gasteiger partial charge in [-0.2, -0.15) is 17.4 Å². The number of sulfonamides is 1. The molecule has 11 nitrogen and oxygen atoms in total. The molecular weight excluding hydrogens is 491 g/mol. The van der Waals surface area contributed by atoms with Crippen LogP contribution in [-0.4, -0.2) is 64.6 Å². The van der Waals surface area contributed by atoms with Gasteiger partial charge in [0.15, 0.2) is 0 Å². The zero-order chi connectivity index (χ0) is 24.5. The van der Waals surface area contributed by atoms with Crippen LogP contribution >= 0.6 is 0 Å². The molecule has 1 amide bonds. The molecule has 4 rings (SSSR count). The zero-order valence-electron chi connectivity index (χ0n) is 17.8. The molecule has 2 aromatic rings. The van der Waals surface area contributed by atoms with E-state index in [0.717, 1.165) is 41.4 Å². The fourth-order valence-electron chi connectivity index (χ4n) is 3.80. The maximum Gasteiger partial charge on any atom is 0.409 e. The predicted molar refractivity (Wildman–Crippen MR) is 121 cm³/mol. The lowest BCUT2D eigenvalue weighted by molar-refractivity contribution is 0.202. The smallest absolute Gasteiger partial charge is 0.409 e. The molecule has 0 saturated carbocycles. The second-order valence-electron chi connectivity index (χ2n) is 7.80. The Balaban J connectivity index is 1.65. The first kappa shape index (κ1) is 24.2. The van der Waals surface area contributed by atoms with Crippen LogP contribution in [0.1, 0.15) is 12.8 Å². The first-order valence-corrected chi connectivity index (χ1v) is 13.3. The average Bonchev–Trinajstić information content (AvgIpc) is 3.33. The van der Waals surface area contributed by atoms with Crippen molar-refractivity contribution in [2.75, 3.05) is 35.8 Å². The summed E-state index contributed by atoms with van der Waals surface area (Å²) in [6.45, 7) is 0.372. The van der Waals surface area contributed by atoms with Crippen LogP contribution in [0.25, 0.3) is 0 Å². The minimum atomic E-state index is -4.22. The second kappa shape index (κ2) is 9.37. The Morgan fingerprint density at radius 2 is 1.76 bits per heavy atom. The van der Waals surface area contributed by atoms with Crippen molar-refractivity contribution < 1.29 is 35.9 Å². The topological polar surface area (TPSA) is 145 Å². The molecule has 2 aliphatic rings. The van der Waals surface area contributed by atoms with Crippen molar-refractivity contribution >= 4 is 37.7 Å². The number of carbonyl (C=O) groups is 1. The molecule has 3 N–H and O–H groups in total. The maximum atomic E-state index is 13.4. The Hall–Kier alpha value is -2.94. The number of hydrogen-bond acceptors (Lipinski definition) is 6. The summed E-state index contributed by atoms with van der Waals surface area (Å²) in [5.41, 5.74) is 0.177. The summed E-state index contributed by atoms with van der Waals surface area (Å²) in [4.78, 5) is 10.8. The van der Waals surface area contributed by atoms with Gasteiger partial charge >= 0.3 is 6.09 Å². The highest BCUT2D eigenvalue weighted by Gasteiger charge is 2.36. The lowest BCUT2D eigenvalue weighted by Crippen LogP contribution is -2.50. The minimum Gasteiger partial charge on any atom is -0.485 e. The van der Waals surface area contributed by atoms with Gasteiger partial charge in [-0.1, -0.05) is 0 Å². The van der Waals surface area contributed by atoms with E-state index in [2.05, 4.69) is 10.0 Å². The summed E-state index contributed by atoms with van der Waals surface area (Å²) in [6.07, 6.45) is -0.674. The molecule has 14 heteroatoms. The minimum absolute atomic E-state index is 0.0641. The Labute approximate surface area is 196 Å². The fourth-order valence-corrected chi connectivity index (χ4v) is 6.62. The zero-order valence-corrected chi connectivity index (χ0v) is 19.5. The van der Waals surface area contributed by atoms with E-state index < -0.39 is 38.2 Å². The normalized spacial score (nSPS) is 18.9. The number of halogens is 1. The standard InChI is InChI=1S/C20H23FN4O7S2/c21-14-3-6-17(7-4-14)33(28,29)25-13-16(12-22-34(30,31)24-9-1-2-10-24)32-19-8-5-15(11-18(19)25)23-20(26)27/h3-8,11,16,22-23H,1-2,9-10,12-13H2,(H,26,27). The Morgan fingerprint density at radius 1 is 1.09 bits per heavy atom. The third-order valence-corrected chi connectivity index (χ3v) is 8.81. The molecular formula is C20H23FN4O7S2. The van der Waals surface area contributed by atoms with Crippen molar-refractivity contribution in [2.24, 2.45) is 0 Å².